The normalized spacial score (nSPS) is 12.2. The minimum Gasteiger partial charge on any atom is -0.491 e. The van der Waals surface area contributed by atoms with E-state index in [2.05, 4.69) is 14.1 Å². The molecule has 106 valence electrons. The minimum atomic E-state index is -0.221. The van der Waals surface area contributed by atoms with Gasteiger partial charge < -0.3 is 10.1 Å². The second-order valence-electron chi connectivity index (χ2n) is 4.73. The quantitative estimate of drug-likeness (QED) is 0.920. The highest BCUT2D eigenvalue weighted by molar-refractivity contribution is 6.99. The first-order chi connectivity index (χ1) is 9.56. The van der Waals surface area contributed by atoms with Crippen LogP contribution < -0.4 is 10.1 Å². The van der Waals surface area contributed by atoms with E-state index in [0.717, 1.165) is 23.0 Å². The van der Waals surface area contributed by atoms with Crippen LogP contribution in [0.25, 0.3) is 0 Å². The van der Waals surface area contributed by atoms with E-state index >= 15 is 0 Å². The molecule has 0 aliphatic carbocycles. The molecule has 1 aromatic carbocycles. The molecule has 0 bridgehead atoms. The largest absolute Gasteiger partial charge is 0.491 e. The summed E-state index contributed by atoms with van der Waals surface area (Å²) in [6, 6.07) is 7.59. The summed E-state index contributed by atoms with van der Waals surface area (Å²) in [6.07, 6.45) is 1.58. The third-order valence-electron chi connectivity index (χ3n) is 2.67. The highest BCUT2D eigenvalue weighted by atomic mass is 32.1. The molecule has 1 atom stereocenters. The molecule has 1 aromatic heterocycles. The molecule has 6 heteroatoms. The molecule has 0 saturated heterocycles. The first-order valence-electron chi connectivity index (χ1n) is 6.41. The molecule has 0 fully saturated rings. The summed E-state index contributed by atoms with van der Waals surface area (Å²) in [5, 5.41) is 2.89. The van der Waals surface area contributed by atoms with Crippen LogP contribution in [0.1, 0.15) is 42.9 Å². The first-order valence-corrected chi connectivity index (χ1v) is 7.14. The van der Waals surface area contributed by atoms with Crippen molar-refractivity contribution >= 4 is 17.6 Å². The van der Waals surface area contributed by atoms with Gasteiger partial charge in [0.25, 0.3) is 5.91 Å². The number of nitrogens with one attached hydrogen (secondary N) is 1. The third-order valence-corrected chi connectivity index (χ3v) is 3.15. The fourth-order valence-corrected chi connectivity index (χ4v) is 2.16. The van der Waals surface area contributed by atoms with E-state index in [1.54, 1.807) is 0 Å². The minimum absolute atomic E-state index is 0.122. The average molecular weight is 291 g/mol. The van der Waals surface area contributed by atoms with Gasteiger partial charge in [-0.3, -0.25) is 4.79 Å². The number of amides is 1. The van der Waals surface area contributed by atoms with Crippen LogP contribution in [0.15, 0.2) is 30.5 Å². The standard InChI is InChI=1S/C14H17N3O2S/c1-9(2)19-12-6-4-5-11(7-12)10(3)16-14(18)13-8-15-20-17-13/h4-10H,1-3H3,(H,16,18). The van der Waals surface area contributed by atoms with Crippen LogP contribution >= 0.6 is 11.7 Å². The number of carbonyl (C=O) groups is 1. The van der Waals surface area contributed by atoms with Gasteiger partial charge in [0.1, 0.15) is 5.75 Å². The zero-order chi connectivity index (χ0) is 14.5. The topological polar surface area (TPSA) is 64.1 Å². The van der Waals surface area contributed by atoms with Crippen molar-refractivity contribution in [3.63, 3.8) is 0 Å². The van der Waals surface area contributed by atoms with Crippen LogP contribution in [-0.2, 0) is 0 Å². The van der Waals surface area contributed by atoms with E-state index in [-0.39, 0.29) is 18.1 Å². The number of benzene rings is 1. The lowest BCUT2D eigenvalue weighted by atomic mass is 10.1. The second kappa shape index (κ2) is 6.47. The SMILES string of the molecule is CC(C)Oc1cccc(C(C)NC(=O)c2cnsn2)c1. The molecular weight excluding hydrogens is 274 g/mol. The predicted octanol–water partition coefficient (Wildman–Crippen LogP) is 2.82. The van der Waals surface area contributed by atoms with Gasteiger partial charge in [0.15, 0.2) is 5.69 Å². The van der Waals surface area contributed by atoms with Crippen LogP contribution in [-0.4, -0.2) is 20.8 Å². The monoisotopic (exact) mass is 291 g/mol. The molecular formula is C14H17N3O2S. The van der Waals surface area contributed by atoms with Gasteiger partial charge in [0.2, 0.25) is 0 Å². The summed E-state index contributed by atoms with van der Waals surface area (Å²) in [4.78, 5) is 11.9. The van der Waals surface area contributed by atoms with Crippen LogP contribution in [0.2, 0.25) is 0 Å². The van der Waals surface area contributed by atoms with Gasteiger partial charge in [-0.05, 0) is 38.5 Å². The number of nitrogens with zero attached hydrogens (tertiary/aromatic N) is 2. The van der Waals surface area contributed by atoms with E-state index in [9.17, 15) is 4.79 Å². The van der Waals surface area contributed by atoms with Crippen molar-refractivity contribution in [2.45, 2.75) is 32.9 Å². The number of rotatable bonds is 5. The Kier molecular flexibility index (Phi) is 4.68. The molecule has 0 radical (unpaired) electrons. The van der Waals surface area contributed by atoms with Crippen molar-refractivity contribution in [3.8, 4) is 5.75 Å². The highest BCUT2D eigenvalue weighted by Crippen LogP contribution is 2.20. The van der Waals surface area contributed by atoms with E-state index in [0.29, 0.717) is 5.69 Å². The lowest BCUT2D eigenvalue weighted by Gasteiger charge is -2.16. The number of hydrogen-bond donors (Lipinski definition) is 1. The smallest absolute Gasteiger partial charge is 0.273 e. The van der Waals surface area contributed by atoms with Crippen molar-refractivity contribution in [1.29, 1.82) is 0 Å². The van der Waals surface area contributed by atoms with Crippen molar-refractivity contribution < 1.29 is 9.53 Å². The Morgan fingerprint density at radius 3 is 2.80 bits per heavy atom. The molecule has 0 saturated carbocycles. The average Bonchev–Trinajstić information content (AvgIpc) is 2.92. The summed E-state index contributed by atoms with van der Waals surface area (Å²) in [5.74, 6) is 0.579. The zero-order valence-corrected chi connectivity index (χ0v) is 12.5. The summed E-state index contributed by atoms with van der Waals surface area (Å²) in [6.45, 7) is 5.88. The zero-order valence-electron chi connectivity index (χ0n) is 11.7. The van der Waals surface area contributed by atoms with E-state index in [4.69, 9.17) is 4.74 Å². The Morgan fingerprint density at radius 2 is 2.15 bits per heavy atom. The molecule has 1 N–H and O–H groups in total. The molecule has 0 spiro atoms. The van der Waals surface area contributed by atoms with E-state index < -0.39 is 0 Å². The molecule has 2 rings (SSSR count). The lowest BCUT2D eigenvalue weighted by Crippen LogP contribution is -2.26. The summed E-state index contributed by atoms with van der Waals surface area (Å²) < 4.78 is 13.4. The predicted molar refractivity (Wildman–Crippen MR) is 78.0 cm³/mol. The lowest BCUT2D eigenvalue weighted by molar-refractivity contribution is 0.0935. The van der Waals surface area contributed by atoms with E-state index in [1.165, 1.54) is 6.20 Å². The summed E-state index contributed by atoms with van der Waals surface area (Å²) in [7, 11) is 0. The number of carbonyl (C=O) groups excluding carboxylic acids is 1. The molecule has 0 aliphatic heterocycles. The second-order valence-corrected chi connectivity index (χ2v) is 5.28. The van der Waals surface area contributed by atoms with Crippen molar-refractivity contribution in [3.05, 3.63) is 41.7 Å². The van der Waals surface area contributed by atoms with Gasteiger partial charge >= 0.3 is 0 Å². The van der Waals surface area contributed by atoms with Crippen molar-refractivity contribution in [2.24, 2.45) is 0 Å². The number of ether oxygens (including phenoxy) is 1. The molecule has 1 amide bonds. The summed E-state index contributed by atoms with van der Waals surface area (Å²) >= 11 is 1.02. The fraction of sp³-hybridized carbons (Fsp3) is 0.357. The maximum atomic E-state index is 11.9. The van der Waals surface area contributed by atoms with Gasteiger partial charge in [-0.25, -0.2) is 0 Å². The fourth-order valence-electron chi connectivity index (χ4n) is 1.75. The highest BCUT2D eigenvalue weighted by Gasteiger charge is 2.14. The molecule has 20 heavy (non-hydrogen) atoms. The molecule has 0 aliphatic rings. The number of hydrogen-bond acceptors (Lipinski definition) is 5. The Hall–Kier alpha value is -1.95. The number of aromatic nitrogens is 2. The summed E-state index contributed by atoms with van der Waals surface area (Å²) in [5.41, 5.74) is 1.33. The van der Waals surface area contributed by atoms with Gasteiger partial charge in [0.05, 0.1) is 30.1 Å². The van der Waals surface area contributed by atoms with Gasteiger partial charge in [-0.2, -0.15) is 8.75 Å². The van der Waals surface area contributed by atoms with E-state index in [1.807, 2.05) is 45.0 Å². The van der Waals surface area contributed by atoms with Crippen LogP contribution in [0, 0.1) is 0 Å². The Labute approximate surface area is 122 Å². The maximum Gasteiger partial charge on any atom is 0.273 e. The van der Waals surface area contributed by atoms with Crippen molar-refractivity contribution in [2.75, 3.05) is 0 Å². The first kappa shape index (κ1) is 14.5. The Morgan fingerprint density at radius 1 is 1.35 bits per heavy atom. The Balaban J connectivity index is 2.05. The molecule has 1 heterocycles. The van der Waals surface area contributed by atoms with Gasteiger partial charge in [-0.1, -0.05) is 12.1 Å². The van der Waals surface area contributed by atoms with Crippen LogP contribution in [0.4, 0.5) is 0 Å². The maximum absolute atomic E-state index is 11.9. The van der Waals surface area contributed by atoms with Gasteiger partial charge in [-0.15, -0.1) is 0 Å². The van der Waals surface area contributed by atoms with Crippen molar-refractivity contribution in [1.82, 2.24) is 14.1 Å². The Bertz CT molecular complexity index is 570. The molecule has 5 nitrogen and oxygen atoms in total. The van der Waals surface area contributed by atoms with Gasteiger partial charge in [0, 0.05) is 0 Å². The molecule has 1 unspecified atom stereocenters. The third kappa shape index (κ3) is 3.77. The molecule has 2 aromatic rings. The van der Waals surface area contributed by atoms with Crippen LogP contribution in [0.3, 0.4) is 0 Å². The van der Waals surface area contributed by atoms with Crippen LogP contribution in [0.5, 0.6) is 5.75 Å².